The number of halogens is 3. The zero-order valence-corrected chi connectivity index (χ0v) is 14.8. The Bertz CT molecular complexity index is 831. The van der Waals surface area contributed by atoms with E-state index in [1.54, 1.807) is 22.8 Å². The molecule has 1 aliphatic heterocycles. The maximum atomic E-state index is 13.1. The van der Waals surface area contributed by atoms with Gasteiger partial charge in [0.2, 0.25) is 5.95 Å². The van der Waals surface area contributed by atoms with E-state index in [0.717, 1.165) is 13.1 Å². The van der Waals surface area contributed by atoms with Crippen molar-refractivity contribution in [1.29, 1.82) is 0 Å². The van der Waals surface area contributed by atoms with Gasteiger partial charge in [0.15, 0.2) is 11.4 Å². The van der Waals surface area contributed by atoms with Gasteiger partial charge in [-0.2, -0.15) is 18.2 Å². The molecule has 2 aliphatic carbocycles. The van der Waals surface area contributed by atoms with E-state index in [0.29, 0.717) is 35.2 Å². The smallest absolute Gasteiger partial charge is 0.397 e. The first-order valence-electron chi connectivity index (χ1n) is 9.47. The molecule has 3 atom stereocenters. The first kappa shape index (κ1) is 17.1. The fourth-order valence-electron chi connectivity index (χ4n) is 4.40. The second-order valence-electron chi connectivity index (χ2n) is 8.07. The monoisotopic (exact) mass is 381 g/mol. The number of alkyl halides is 3. The van der Waals surface area contributed by atoms with Gasteiger partial charge in [-0.25, -0.2) is 4.52 Å². The van der Waals surface area contributed by atoms with Gasteiger partial charge in [0.1, 0.15) is 12.0 Å². The lowest BCUT2D eigenvalue weighted by atomic mass is 9.94. The molecule has 3 fully saturated rings. The Morgan fingerprint density at radius 1 is 1.26 bits per heavy atom. The van der Waals surface area contributed by atoms with E-state index in [1.807, 2.05) is 0 Å². The molecule has 3 heterocycles. The molecule has 3 aliphatic rings. The van der Waals surface area contributed by atoms with Crippen LogP contribution in [0.2, 0.25) is 0 Å². The highest BCUT2D eigenvalue weighted by molar-refractivity contribution is 5.56. The Morgan fingerprint density at radius 3 is 2.67 bits per heavy atom. The molecule has 0 unspecified atom stereocenters. The Hall–Kier alpha value is -2.03. The molecule has 6 nitrogen and oxygen atoms in total. The van der Waals surface area contributed by atoms with Crippen LogP contribution in [0.25, 0.3) is 5.65 Å². The molecule has 2 bridgehead atoms. The van der Waals surface area contributed by atoms with Gasteiger partial charge in [0.05, 0.1) is 0 Å². The number of nitrogens with zero attached hydrogens (tertiary/aromatic N) is 3. The van der Waals surface area contributed by atoms with Crippen molar-refractivity contribution >= 4 is 11.6 Å². The van der Waals surface area contributed by atoms with Crippen molar-refractivity contribution in [2.45, 2.75) is 37.9 Å². The lowest BCUT2D eigenvalue weighted by Crippen LogP contribution is -2.45. The first-order chi connectivity index (χ1) is 13.0. The number of pyridine rings is 1. The molecule has 2 N–H and O–H groups in total. The summed E-state index contributed by atoms with van der Waals surface area (Å²) in [5, 5.41) is 11.3. The molecule has 0 spiro atoms. The summed E-state index contributed by atoms with van der Waals surface area (Å²) in [5.74, 6) is 1.97. The predicted octanol–water partition coefficient (Wildman–Crippen LogP) is 2.86. The Kier molecular flexibility index (Phi) is 3.79. The minimum absolute atomic E-state index is 0.123. The number of nitrogens with one attached hydrogen (secondary N) is 2. The van der Waals surface area contributed by atoms with Gasteiger partial charge in [-0.05, 0) is 62.7 Å². The van der Waals surface area contributed by atoms with E-state index in [1.165, 1.54) is 12.8 Å². The summed E-state index contributed by atoms with van der Waals surface area (Å²) in [4.78, 5) is 4.50. The maximum Gasteiger partial charge on any atom is 0.397 e. The zero-order valence-electron chi connectivity index (χ0n) is 14.8. The minimum Gasteiger partial charge on any atom is -0.489 e. The lowest BCUT2D eigenvalue weighted by molar-refractivity contribution is -0.194. The van der Waals surface area contributed by atoms with Crippen LogP contribution >= 0.6 is 0 Å². The quantitative estimate of drug-likeness (QED) is 0.834. The van der Waals surface area contributed by atoms with E-state index in [-0.39, 0.29) is 19.4 Å². The van der Waals surface area contributed by atoms with E-state index < -0.39 is 11.6 Å². The molecule has 0 amide bonds. The van der Waals surface area contributed by atoms with Crippen LogP contribution in [-0.2, 0) is 0 Å². The van der Waals surface area contributed by atoms with Gasteiger partial charge in [0.25, 0.3) is 0 Å². The molecule has 5 rings (SSSR count). The molecule has 27 heavy (non-hydrogen) atoms. The van der Waals surface area contributed by atoms with E-state index >= 15 is 0 Å². The topological polar surface area (TPSA) is 63.5 Å². The number of rotatable bonds is 5. The Balaban J connectivity index is 1.34. The SMILES string of the molecule is FC(F)(F)C1(COc2cccn3nc(N[C@@H]4[C@@H]5CC[C@H]4CNC5)nc23)CC1. The van der Waals surface area contributed by atoms with Gasteiger partial charge in [-0.1, -0.05) is 0 Å². The summed E-state index contributed by atoms with van der Waals surface area (Å²) in [6.45, 7) is 1.62. The van der Waals surface area contributed by atoms with Crippen molar-refractivity contribution in [2.75, 3.05) is 25.0 Å². The second kappa shape index (κ2) is 5.98. The normalized spacial score (nSPS) is 29.1. The molecule has 2 aromatic rings. The summed E-state index contributed by atoms with van der Waals surface area (Å²) in [6.07, 6.45) is 0.128. The number of fused-ring (bicyclic) bond motifs is 3. The summed E-state index contributed by atoms with van der Waals surface area (Å²) in [5.41, 5.74) is -1.26. The standard InChI is InChI=1S/C18H22F3N5O/c19-18(20,21)17(5-6-17)10-27-13-2-1-7-26-15(13)24-16(25-26)23-14-11-3-4-12(14)9-22-8-11/h1-2,7,11-12,14,22H,3-6,8-10H2,(H,23,25)/t11-,12+,14-. The Labute approximate surface area is 154 Å². The third kappa shape index (κ3) is 2.92. The van der Waals surface area contributed by atoms with Crippen molar-refractivity contribution in [2.24, 2.45) is 17.3 Å². The van der Waals surface area contributed by atoms with Crippen molar-refractivity contribution in [1.82, 2.24) is 19.9 Å². The fraction of sp³-hybridized carbons (Fsp3) is 0.667. The summed E-state index contributed by atoms with van der Waals surface area (Å²) < 4.78 is 46.5. The second-order valence-corrected chi connectivity index (χ2v) is 8.07. The highest BCUT2D eigenvalue weighted by Gasteiger charge is 2.64. The third-order valence-corrected chi connectivity index (χ3v) is 6.32. The van der Waals surface area contributed by atoms with Crippen LogP contribution in [0.1, 0.15) is 25.7 Å². The van der Waals surface area contributed by atoms with Crippen LogP contribution in [0.5, 0.6) is 5.75 Å². The molecule has 146 valence electrons. The van der Waals surface area contributed by atoms with Gasteiger partial charge in [0, 0.05) is 12.2 Å². The van der Waals surface area contributed by atoms with Crippen molar-refractivity contribution in [3.05, 3.63) is 18.3 Å². The van der Waals surface area contributed by atoms with Gasteiger partial charge >= 0.3 is 6.18 Å². The number of hydrogen-bond acceptors (Lipinski definition) is 5. The molecule has 9 heteroatoms. The van der Waals surface area contributed by atoms with Crippen molar-refractivity contribution in [3.8, 4) is 5.75 Å². The number of hydrogen-bond donors (Lipinski definition) is 2. The highest BCUT2D eigenvalue weighted by atomic mass is 19.4. The summed E-state index contributed by atoms with van der Waals surface area (Å²) in [7, 11) is 0. The van der Waals surface area contributed by atoms with Gasteiger partial charge in [-0.15, -0.1) is 5.10 Å². The zero-order chi connectivity index (χ0) is 18.6. The van der Waals surface area contributed by atoms with E-state index in [4.69, 9.17) is 4.74 Å². The molecule has 2 aromatic heterocycles. The lowest BCUT2D eigenvalue weighted by Gasteiger charge is -2.30. The maximum absolute atomic E-state index is 13.1. The first-order valence-corrected chi connectivity index (χ1v) is 9.47. The molecule has 0 aromatic carbocycles. The number of ether oxygens (including phenoxy) is 1. The van der Waals surface area contributed by atoms with Crippen LogP contribution in [0, 0.1) is 17.3 Å². The van der Waals surface area contributed by atoms with Crippen LogP contribution in [0.3, 0.4) is 0 Å². The predicted molar refractivity (Wildman–Crippen MR) is 92.7 cm³/mol. The van der Waals surface area contributed by atoms with Crippen LogP contribution in [0.15, 0.2) is 18.3 Å². The van der Waals surface area contributed by atoms with Crippen molar-refractivity contribution in [3.63, 3.8) is 0 Å². The number of aromatic nitrogens is 3. The van der Waals surface area contributed by atoms with Gasteiger partial charge in [-0.3, -0.25) is 0 Å². The fourth-order valence-corrected chi connectivity index (χ4v) is 4.40. The van der Waals surface area contributed by atoms with Gasteiger partial charge < -0.3 is 15.4 Å². The minimum atomic E-state index is -4.23. The van der Waals surface area contributed by atoms with Crippen LogP contribution < -0.4 is 15.4 Å². The largest absolute Gasteiger partial charge is 0.489 e. The Morgan fingerprint density at radius 2 is 2.00 bits per heavy atom. The van der Waals surface area contributed by atoms with Crippen LogP contribution in [0.4, 0.5) is 19.1 Å². The molecule has 1 saturated heterocycles. The summed E-state index contributed by atoms with van der Waals surface area (Å²) >= 11 is 0. The number of piperidine rings is 1. The van der Waals surface area contributed by atoms with E-state index in [2.05, 4.69) is 20.7 Å². The van der Waals surface area contributed by atoms with Crippen molar-refractivity contribution < 1.29 is 17.9 Å². The molecular weight excluding hydrogens is 359 g/mol. The average Bonchev–Trinajstić information content (AvgIpc) is 3.28. The molecule has 2 saturated carbocycles. The van der Waals surface area contributed by atoms with Crippen LogP contribution in [-0.4, -0.2) is 46.5 Å². The number of anilines is 1. The molecule has 0 radical (unpaired) electrons. The highest BCUT2D eigenvalue weighted by Crippen LogP contribution is 2.57. The summed E-state index contributed by atoms with van der Waals surface area (Å²) in [6, 6.07) is 3.70. The average molecular weight is 381 g/mol. The van der Waals surface area contributed by atoms with E-state index in [9.17, 15) is 13.2 Å². The molecular formula is C18H22F3N5O. The third-order valence-electron chi connectivity index (χ3n) is 6.32.